The number of hydrogen-bond acceptors (Lipinski definition) is 8. The molecule has 1 aromatic carbocycles. The molecule has 0 spiro atoms. The lowest BCUT2D eigenvalue weighted by molar-refractivity contribution is -0.0178. The van der Waals surface area contributed by atoms with Crippen molar-refractivity contribution in [3.8, 4) is 17.0 Å². The van der Waals surface area contributed by atoms with E-state index in [1.807, 2.05) is 70.4 Å². The van der Waals surface area contributed by atoms with Gasteiger partial charge in [0.05, 0.1) is 28.3 Å². The normalized spacial score (nSPS) is 20.6. The van der Waals surface area contributed by atoms with Gasteiger partial charge < -0.3 is 24.0 Å². The highest BCUT2D eigenvalue weighted by molar-refractivity contribution is 5.89. The van der Waals surface area contributed by atoms with Crippen molar-refractivity contribution in [1.82, 2.24) is 24.6 Å². The number of hydrogen-bond donors (Lipinski definition) is 0. The average molecular weight is 577 g/mol. The Kier molecular flexibility index (Phi) is 7.38. The number of anilines is 1. The summed E-state index contributed by atoms with van der Waals surface area (Å²) >= 11 is 0. The zero-order valence-corrected chi connectivity index (χ0v) is 24.7. The minimum absolute atomic E-state index is 0.0664. The number of pyridine rings is 2. The number of alkyl halides is 1. The van der Waals surface area contributed by atoms with Crippen molar-refractivity contribution in [3.05, 3.63) is 42.6 Å². The smallest absolute Gasteiger partial charge is 0.410 e. The lowest BCUT2D eigenvalue weighted by atomic mass is 9.88. The molecule has 222 valence electrons. The fourth-order valence-electron chi connectivity index (χ4n) is 5.78. The molecule has 1 aliphatic carbocycles. The molecule has 0 radical (unpaired) electrons. The van der Waals surface area contributed by atoms with Crippen LogP contribution in [0.4, 0.5) is 15.0 Å². The maximum atomic E-state index is 13.8. The predicted octanol–water partition coefficient (Wildman–Crippen LogP) is 5.48. The number of fused-ring (bicyclic) bond motifs is 2. The summed E-state index contributed by atoms with van der Waals surface area (Å²) in [5.74, 6) is 1.46. The van der Waals surface area contributed by atoms with Gasteiger partial charge in [-0.25, -0.2) is 19.2 Å². The highest BCUT2D eigenvalue weighted by atomic mass is 19.1. The molecule has 1 saturated heterocycles. The van der Waals surface area contributed by atoms with Crippen LogP contribution in [0.2, 0.25) is 0 Å². The van der Waals surface area contributed by atoms with Crippen molar-refractivity contribution in [2.24, 2.45) is 7.05 Å². The third-order valence-electron chi connectivity index (χ3n) is 7.79. The molecular formula is C31H37FN6O4. The molecule has 1 saturated carbocycles. The molecule has 2 fully saturated rings. The van der Waals surface area contributed by atoms with Gasteiger partial charge >= 0.3 is 6.09 Å². The summed E-state index contributed by atoms with van der Waals surface area (Å²) in [5.41, 5.74) is 3.35. The summed E-state index contributed by atoms with van der Waals surface area (Å²) in [6.45, 7) is 7.03. The number of benzene rings is 1. The molecule has 0 bridgehead atoms. The van der Waals surface area contributed by atoms with Crippen LogP contribution in [0.5, 0.6) is 5.75 Å². The zero-order chi connectivity index (χ0) is 29.6. The van der Waals surface area contributed by atoms with E-state index >= 15 is 0 Å². The number of ether oxygens (including phenoxy) is 3. The predicted molar refractivity (Wildman–Crippen MR) is 158 cm³/mol. The van der Waals surface area contributed by atoms with Gasteiger partial charge in [-0.05, 0) is 70.4 Å². The molecule has 1 atom stereocenters. The molecule has 1 amide bonds. The van der Waals surface area contributed by atoms with Crippen molar-refractivity contribution in [2.75, 3.05) is 31.9 Å². The molecule has 6 rings (SSSR count). The number of aryl methyl sites for hydroxylation is 1. The van der Waals surface area contributed by atoms with Gasteiger partial charge in [0.1, 0.15) is 23.3 Å². The Balaban J connectivity index is 1.24. The minimum Gasteiger partial charge on any atom is -0.467 e. The van der Waals surface area contributed by atoms with E-state index in [-0.39, 0.29) is 25.0 Å². The van der Waals surface area contributed by atoms with Crippen LogP contribution in [0.25, 0.3) is 33.2 Å². The van der Waals surface area contributed by atoms with Crippen LogP contribution in [0, 0.1) is 0 Å². The Morgan fingerprint density at radius 3 is 2.57 bits per heavy atom. The molecular weight excluding hydrogens is 539 g/mol. The third-order valence-corrected chi connectivity index (χ3v) is 7.79. The number of rotatable bonds is 7. The fourth-order valence-corrected chi connectivity index (χ4v) is 5.78. The van der Waals surface area contributed by atoms with Crippen LogP contribution in [0.1, 0.15) is 40.0 Å². The van der Waals surface area contributed by atoms with Crippen molar-refractivity contribution < 1.29 is 23.4 Å². The van der Waals surface area contributed by atoms with Gasteiger partial charge in [-0.1, -0.05) is 0 Å². The van der Waals surface area contributed by atoms with Gasteiger partial charge in [0.25, 0.3) is 0 Å². The first kappa shape index (κ1) is 28.1. The Morgan fingerprint density at radius 2 is 1.83 bits per heavy atom. The van der Waals surface area contributed by atoms with Gasteiger partial charge in [-0.3, -0.25) is 4.68 Å². The summed E-state index contributed by atoms with van der Waals surface area (Å²) in [6, 6.07) is 11.6. The third kappa shape index (κ3) is 5.70. The Morgan fingerprint density at radius 1 is 1.07 bits per heavy atom. The first-order valence-corrected chi connectivity index (χ1v) is 14.4. The van der Waals surface area contributed by atoms with Crippen molar-refractivity contribution in [1.29, 1.82) is 0 Å². The first-order chi connectivity index (χ1) is 20.1. The largest absolute Gasteiger partial charge is 0.467 e. The SMILES string of the molecule is COCOc1cc2nn(C)cc2cc1-c1ccc2nc(N3CCC(N(C(=O)OC(C)(C)C)C4CC(F)C4)C3)ccc2n1. The van der Waals surface area contributed by atoms with Gasteiger partial charge in [0.2, 0.25) is 0 Å². The number of carbonyl (C=O) groups excluding carboxylic acids is 1. The summed E-state index contributed by atoms with van der Waals surface area (Å²) < 4.78 is 32.3. The first-order valence-electron chi connectivity index (χ1n) is 14.4. The second-order valence-electron chi connectivity index (χ2n) is 12.2. The van der Waals surface area contributed by atoms with Crippen molar-refractivity contribution in [3.63, 3.8) is 0 Å². The van der Waals surface area contributed by atoms with Gasteiger partial charge in [0.15, 0.2) is 6.79 Å². The summed E-state index contributed by atoms with van der Waals surface area (Å²) in [4.78, 5) is 26.9. The summed E-state index contributed by atoms with van der Waals surface area (Å²) in [7, 11) is 3.47. The topological polar surface area (TPSA) is 94.8 Å². The second kappa shape index (κ2) is 11.0. The number of nitrogens with zero attached hydrogens (tertiary/aromatic N) is 6. The van der Waals surface area contributed by atoms with E-state index in [2.05, 4.69) is 10.00 Å². The number of halogens is 1. The van der Waals surface area contributed by atoms with Crippen LogP contribution in [0.15, 0.2) is 42.6 Å². The number of carbonyl (C=O) groups is 1. The van der Waals surface area contributed by atoms with Crippen LogP contribution >= 0.6 is 0 Å². The molecule has 11 heteroatoms. The van der Waals surface area contributed by atoms with E-state index in [0.29, 0.717) is 25.1 Å². The Bertz CT molecular complexity index is 1610. The minimum atomic E-state index is -0.856. The van der Waals surface area contributed by atoms with E-state index in [4.69, 9.17) is 24.2 Å². The van der Waals surface area contributed by atoms with E-state index in [1.54, 1.807) is 16.7 Å². The number of methoxy groups -OCH3 is 1. The molecule has 0 N–H and O–H groups in total. The lowest BCUT2D eigenvalue weighted by Gasteiger charge is -2.43. The molecule has 42 heavy (non-hydrogen) atoms. The number of aromatic nitrogens is 4. The van der Waals surface area contributed by atoms with Gasteiger partial charge in [0, 0.05) is 56.5 Å². The van der Waals surface area contributed by atoms with E-state index in [9.17, 15) is 9.18 Å². The molecule has 10 nitrogen and oxygen atoms in total. The molecule has 2 aliphatic rings. The second-order valence-corrected chi connectivity index (χ2v) is 12.2. The standard InChI is InChI=1S/C31H37FN6O4/c1-31(2,3)42-30(39)38(22-13-20(32)14-22)21-10-11-37(17-21)29-9-8-25-26(34-29)7-6-24(33-25)23-12-19-16-36(4)35-27(19)15-28(23)41-18-40-5/h6-9,12,15-16,20-22H,10-11,13-14,17-18H2,1-5H3. The average Bonchev–Trinajstić information content (AvgIpc) is 3.54. The molecule has 1 aliphatic heterocycles. The van der Waals surface area contributed by atoms with Crippen molar-refractivity contribution in [2.45, 2.75) is 63.9 Å². The maximum Gasteiger partial charge on any atom is 0.410 e. The van der Waals surface area contributed by atoms with Crippen molar-refractivity contribution >= 4 is 33.8 Å². The quantitative estimate of drug-likeness (QED) is 0.267. The fraction of sp³-hybridized carbons (Fsp3) is 0.484. The Hall–Kier alpha value is -3.99. The highest BCUT2D eigenvalue weighted by Crippen LogP contribution is 2.36. The monoisotopic (exact) mass is 576 g/mol. The van der Waals surface area contributed by atoms with E-state index < -0.39 is 11.8 Å². The van der Waals surface area contributed by atoms with Gasteiger partial charge in [-0.15, -0.1) is 0 Å². The number of amides is 1. The summed E-state index contributed by atoms with van der Waals surface area (Å²) in [6.07, 6.45) is 2.24. The summed E-state index contributed by atoms with van der Waals surface area (Å²) in [5, 5.41) is 5.48. The molecule has 3 aromatic heterocycles. The zero-order valence-electron chi connectivity index (χ0n) is 24.7. The maximum absolute atomic E-state index is 13.8. The molecule has 4 aromatic rings. The van der Waals surface area contributed by atoms with E-state index in [0.717, 1.165) is 52.0 Å². The van der Waals surface area contributed by atoms with Crippen LogP contribution < -0.4 is 9.64 Å². The molecule has 4 heterocycles. The van der Waals surface area contributed by atoms with Crippen LogP contribution in [-0.2, 0) is 16.5 Å². The Labute approximate surface area is 244 Å². The lowest BCUT2D eigenvalue weighted by Crippen LogP contribution is -2.55. The van der Waals surface area contributed by atoms with Crippen LogP contribution in [-0.4, -0.2) is 81.6 Å². The highest BCUT2D eigenvalue weighted by Gasteiger charge is 2.43. The molecule has 1 unspecified atom stereocenters. The van der Waals surface area contributed by atoms with E-state index in [1.165, 1.54) is 0 Å². The van der Waals surface area contributed by atoms with Crippen LogP contribution in [0.3, 0.4) is 0 Å². The van der Waals surface area contributed by atoms with Gasteiger partial charge in [-0.2, -0.15) is 5.10 Å².